The quantitative estimate of drug-likeness (QED) is 0.496. The lowest BCUT2D eigenvalue weighted by molar-refractivity contribution is 0.326. The number of aliphatic imine (C=N–C) groups is 1. The number of rotatable bonds is 5. The first-order valence-corrected chi connectivity index (χ1v) is 5.75. The number of hydrogen-bond donors (Lipinski definition) is 1. The minimum absolute atomic E-state index is 0.259. The second-order valence-corrected chi connectivity index (χ2v) is 3.68. The second-order valence-electron chi connectivity index (χ2n) is 3.68. The van der Waals surface area contributed by atoms with Gasteiger partial charge in [-0.15, -0.1) is 0 Å². The maximum atomic E-state index is 13.3. The van der Waals surface area contributed by atoms with Crippen LogP contribution in [-0.4, -0.2) is 25.7 Å². The molecule has 1 rings (SSSR count). The highest BCUT2D eigenvalue weighted by atomic mass is 19.1. The third-order valence-electron chi connectivity index (χ3n) is 2.34. The SMILES string of the molecule is C/C=N/NC(CCOc1ccc(C)c(F)c1)=NC. The number of hydrogen-bond acceptors (Lipinski definition) is 3. The number of ether oxygens (including phenoxy) is 1. The van der Waals surface area contributed by atoms with E-state index in [2.05, 4.69) is 15.5 Å². The first-order chi connectivity index (χ1) is 8.67. The summed E-state index contributed by atoms with van der Waals surface area (Å²) >= 11 is 0. The predicted octanol–water partition coefficient (Wildman–Crippen LogP) is 2.53. The maximum Gasteiger partial charge on any atom is 0.129 e. The first-order valence-electron chi connectivity index (χ1n) is 5.75. The minimum atomic E-state index is -0.259. The molecule has 5 heteroatoms. The van der Waals surface area contributed by atoms with E-state index >= 15 is 0 Å². The van der Waals surface area contributed by atoms with Crippen LogP contribution in [0.5, 0.6) is 5.75 Å². The number of nitrogens with one attached hydrogen (secondary N) is 1. The summed E-state index contributed by atoms with van der Waals surface area (Å²) in [6, 6.07) is 4.83. The van der Waals surface area contributed by atoms with Gasteiger partial charge in [0.1, 0.15) is 17.4 Å². The van der Waals surface area contributed by atoms with Crippen molar-refractivity contribution in [3.8, 4) is 5.75 Å². The Morgan fingerprint density at radius 3 is 2.89 bits per heavy atom. The number of halogens is 1. The zero-order chi connectivity index (χ0) is 13.4. The number of hydrazone groups is 1. The Morgan fingerprint density at radius 1 is 1.50 bits per heavy atom. The lowest BCUT2D eigenvalue weighted by Crippen LogP contribution is -2.20. The van der Waals surface area contributed by atoms with Crippen molar-refractivity contribution >= 4 is 12.1 Å². The summed E-state index contributed by atoms with van der Waals surface area (Å²) in [5.41, 5.74) is 3.40. The molecular formula is C13H18FN3O. The van der Waals surface area contributed by atoms with Gasteiger partial charge in [0.15, 0.2) is 0 Å². The molecule has 0 amide bonds. The first kappa shape index (κ1) is 14.2. The fourth-order valence-electron chi connectivity index (χ4n) is 1.29. The van der Waals surface area contributed by atoms with Gasteiger partial charge in [0, 0.05) is 25.7 Å². The normalized spacial score (nSPS) is 11.9. The molecule has 1 aromatic rings. The average molecular weight is 251 g/mol. The fourth-order valence-corrected chi connectivity index (χ4v) is 1.29. The summed E-state index contributed by atoms with van der Waals surface area (Å²) < 4.78 is 18.7. The van der Waals surface area contributed by atoms with Crippen molar-refractivity contribution in [1.29, 1.82) is 0 Å². The Morgan fingerprint density at radius 2 is 2.28 bits per heavy atom. The molecule has 0 bridgehead atoms. The van der Waals surface area contributed by atoms with Crippen LogP contribution in [0.25, 0.3) is 0 Å². The fraction of sp³-hybridized carbons (Fsp3) is 0.385. The third-order valence-corrected chi connectivity index (χ3v) is 2.34. The van der Waals surface area contributed by atoms with Crippen molar-refractivity contribution < 1.29 is 9.13 Å². The summed E-state index contributed by atoms with van der Waals surface area (Å²) in [7, 11) is 1.68. The lowest BCUT2D eigenvalue weighted by atomic mass is 10.2. The minimum Gasteiger partial charge on any atom is -0.493 e. The van der Waals surface area contributed by atoms with E-state index in [1.807, 2.05) is 6.92 Å². The zero-order valence-corrected chi connectivity index (χ0v) is 10.9. The summed E-state index contributed by atoms with van der Waals surface area (Å²) in [6.45, 7) is 3.95. The highest BCUT2D eigenvalue weighted by molar-refractivity contribution is 5.82. The summed E-state index contributed by atoms with van der Waals surface area (Å²) in [4.78, 5) is 4.03. The highest BCUT2D eigenvalue weighted by Crippen LogP contribution is 2.15. The van der Waals surface area contributed by atoms with Gasteiger partial charge in [0.05, 0.1) is 6.61 Å². The van der Waals surface area contributed by atoms with Crippen LogP contribution < -0.4 is 10.2 Å². The molecule has 4 nitrogen and oxygen atoms in total. The molecule has 0 heterocycles. The molecule has 0 aromatic heterocycles. The van der Waals surface area contributed by atoms with Crippen LogP contribution in [0.3, 0.4) is 0 Å². The maximum absolute atomic E-state index is 13.3. The van der Waals surface area contributed by atoms with Gasteiger partial charge < -0.3 is 4.74 Å². The van der Waals surface area contributed by atoms with Crippen LogP contribution in [-0.2, 0) is 0 Å². The Bertz CT molecular complexity index is 444. The van der Waals surface area contributed by atoms with E-state index in [1.54, 1.807) is 32.3 Å². The van der Waals surface area contributed by atoms with Gasteiger partial charge >= 0.3 is 0 Å². The summed E-state index contributed by atoms with van der Waals surface area (Å²) in [5.74, 6) is 0.985. The number of nitrogens with zero attached hydrogens (tertiary/aromatic N) is 2. The predicted molar refractivity (Wildman–Crippen MR) is 71.9 cm³/mol. The van der Waals surface area contributed by atoms with Crippen LogP contribution in [0.15, 0.2) is 28.3 Å². The molecule has 0 aliphatic carbocycles. The molecule has 18 heavy (non-hydrogen) atoms. The molecule has 0 aliphatic rings. The molecule has 0 atom stereocenters. The molecule has 0 radical (unpaired) electrons. The molecule has 0 saturated heterocycles. The van der Waals surface area contributed by atoms with Crippen LogP contribution in [0.1, 0.15) is 18.9 Å². The Kier molecular flexibility index (Phi) is 5.84. The smallest absolute Gasteiger partial charge is 0.129 e. The average Bonchev–Trinajstić information content (AvgIpc) is 2.37. The molecule has 0 spiro atoms. The van der Waals surface area contributed by atoms with Crippen LogP contribution >= 0.6 is 0 Å². The standard InChI is InChI=1S/C13H18FN3O/c1-4-16-17-13(15-3)7-8-18-11-6-5-10(2)12(14)9-11/h4-6,9H,7-8H2,1-3H3,(H,15,17)/b16-4+. The molecule has 0 aliphatic heterocycles. The van der Waals surface area contributed by atoms with Gasteiger partial charge in [0.25, 0.3) is 0 Å². The Hall–Kier alpha value is -1.91. The lowest BCUT2D eigenvalue weighted by Gasteiger charge is -2.08. The molecule has 0 saturated carbocycles. The van der Waals surface area contributed by atoms with Crippen molar-refractivity contribution in [1.82, 2.24) is 5.43 Å². The van der Waals surface area contributed by atoms with Gasteiger partial charge in [-0.05, 0) is 25.5 Å². The van der Waals surface area contributed by atoms with Crippen LogP contribution in [0.4, 0.5) is 4.39 Å². The molecule has 0 fully saturated rings. The van der Waals surface area contributed by atoms with Gasteiger partial charge in [-0.25, -0.2) is 4.39 Å². The van der Waals surface area contributed by atoms with E-state index in [1.165, 1.54) is 6.07 Å². The Labute approximate surface area is 107 Å². The number of benzene rings is 1. The molecule has 1 aromatic carbocycles. The van der Waals surface area contributed by atoms with Crippen LogP contribution in [0.2, 0.25) is 0 Å². The largest absolute Gasteiger partial charge is 0.493 e. The van der Waals surface area contributed by atoms with Crippen molar-refractivity contribution in [3.05, 3.63) is 29.6 Å². The van der Waals surface area contributed by atoms with E-state index in [4.69, 9.17) is 4.74 Å². The van der Waals surface area contributed by atoms with Gasteiger partial charge in [-0.1, -0.05) is 6.07 Å². The third kappa shape index (κ3) is 4.53. The molecule has 98 valence electrons. The topological polar surface area (TPSA) is 46.0 Å². The molecule has 1 N–H and O–H groups in total. The van der Waals surface area contributed by atoms with E-state index in [0.717, 1.165) is 5.84 Å². The zero-order valence-electron chi connectivity index (χ0n) is 10.9. The van der Waals surface area contributed by atoms with Gasteiger partial charge in [-0.3, -0.25) is 10.4 Å². The Balaban J connectivity index is 2.43. The van der Waals surface area contributed by atoms with Gasteiger partial charge in [-0.2, -0.15) is 5.10 Å². The number of amidine groups is 1. The van der Waals surface area contributed by atoms with Crippen molar-refractivity contribution in [2.75, 3.05) is 13.7 Å². The molecular weight excluding hydrogens is 233 g/mol. The van der Waals surface area contributed by atoms with E-state index in [0.29, 0.717) is 24.3 Å². The highest BCUT2D eigenvalue weighted by Gasteiger charge is 2.01. The van der Waals surface area contributed by atoms with Gasteiger partial charge in [0.2, 0.25) is 0 Å². The van der Waals surface area contributed by atoms with Crippen molar-refractivity contribution in [3.63, 3.8) is 0 Å². The van der Waals surface area contributed by atoms with E-state index < -0.39 is 0 Å². The van der Waals surface area contributed by atoms with E-state index in [-0.39, 0.29) is 5.82 Å². The summed E-state index contributed by atoms with van der Waals surface area (Å²) in [5, 5.41) is 3.87. The van der Waals surface area contributed by atoms with Crippen molar-refractivity contribution in [2.45, 2.75) is 20.3 Å². The van der Waals surface area contributed by atoms with Crippen LogP contribution in [0, 0.1) is 12.7 Å². The molecule has 0 unspecified atom stereocenters. The summed E-state index contributed by atoms with van der Waals surface area (Å²) in [6.07, 6.45) is 2.23. The van der Waals surface area contributed by atoms with Crippen molar-refractivity contribution in [2.24, 2.45) is 10.1 Å². The van der Waals surface area contributed by atoms with E-state index in [9.17, 15) is 4.39 Å². The monoisotopic (exact) mass is 251 g/mol. The second kappa shape index (κ2) is 7.42. The number of aryl methyl sites for hydroxylation is 1.